The minimum Gasteiger partial charge on any atom is -0.385 e. The van der Waals surface area contributed by atoms with E-state index in [4.69, 9.17) is 0 Å². The molecule has 19 heavy (non-hydrogen) atoms. The average molecular weight is 265 g/mol. The third-order valence-corrected chi connectivity index (χ3v) is 4.07. The second-order valence-corrected chi connectivity index (χ2v) is 5.71. The van der Waals surface area contributed by atoms with Gasteiger partial charge in [-0.2, -0.15) is 0 Å². The van der Waals surface area contributed by atoms with Crippen LogP contribution in [0, 0.1) is 12.7 Å². The highest BCUT2D eigenvalue weighted by molar-refractivity contribution is 5.29. The predicted molar refractivity (Wildman–Crippen MR) is 75.6 cm³/mol. The molecule has 0 saturated carbocycles. The lowest BCUT2D eigenvalue weighted by Crippen LogP contribution is -2.30. The first-order valence-corrected chi connectivity index (χ1v) is 7.26. The third kappa shape index (κ3) is 3.34. The van der Waals surface area contributed by atoms with Gasteiger partial charge in [-0.15, -0.1) is 0 Å². The minimum absolute atomic E-state index is 0.281. The zero-order valence-corrected chi connectivity index (χ0v) is 12.0. The summed E-state index contributed by atoms with van der Waals surface area (Å²) in [6, 6.07) is 5.02. The van der Waals surface area contributed by atoms with Crippen LogP contribution in [0.3, 0.4) is 0 Å². The van der Waals surface area contributed by atoms with Gasteiger partial charge in [-0.3, -0.25) is 0 Å². The number of aliphatic hydroxyl groups is 1. The van der Waals surface area contributed by atoms with Crippen LogP contribution in [0.5, 0.6) is 0 Å². The maximum Gasteiger partial charge on any atom is 0.129 e. The Kier molecular flexibility index (Phi) is 4.58. The van der Waals surface area contributed by atoms with E-state index in [2.05, 4.69) is 11.8 Å². The number of likely N-dealkylation sites (tertiary alicyclic amines) is 1. The van der Waals surface area contributed by atoms with Gasteiger partial charge in [-0.25, -0.2) is 4.39 Å². The number of benzene rings is 1. The van der Waals surface area contributed by atoms with Gasteiger partial charge in [0.2, 0.25) is 0 Å². The van der Waals surface area contributed by atoms with Crippen LogP contribution < -0.4 is 0 Å². The molecule has 1 aromatic carbocycles. The molecule has 2 rings (SSSR count). The van der Waals surface area contributed by atoms with Crippen molar-refractivity contribution in [3.05, 3.63) is 35.1 Å². The van der Waals surface area contributed by atoms with E-state index in [1.54, 1.807) is 12.1 Å². The minimum atomic E-state index is -1.00. The van der Waals surface area contributed by atoms with E-state index in [0.717, 1.165) is 38.0 Å². The largest absolute Gasteiger partial charge is 0.385 e. The molecule has 1 fully saturated rings. The summed E-state index contributed by atoms with van der Waals surface area (Å²) >= 11 is 0. The van der Waals surface area contributed by atoms with Crippen LogP contribution in [-0.2, 0) is 5.60 Å². The summed E-state index contributed by atoms with van der Waals surface area (Å²) in [5, 5.41) is 10.8. The van der Waals surface area contributed by atoms with E-state index in [0.29, 0.717) is 18.4 Å². The lowest BCUT2D eigenvalue weighted by atomic mass is 9.86. The van der Waals surface area contributed by atoms with Gasteiger partial charge in [-0.1, -0.05) is 24.6 Å². The average Bonchev–Trinajstić information content (AvgIpc) is 2.56. The Hall–Kier alpha value is -0.930. The highest BCUT2D eigenvalue weighted by Gasteiger charge is 2.34. The van der Waals surface area contributed by atoms with Crippen molar-refractivity contribution in [3.63, 3.8) is 0 Å². The Balaban J connectivity index is 2.20. The Bertz CT molecular complexity index is 435. The molecule has 1 aliphatic heterocycles. The van der Waals surface area contributed by atoms with Crippen molar-refractivity contribution >= 4 is 0 Å². The van der Waals surface area contributed by atoms with Crippen molar-refractivity contribution in [2.45, 2.75) is 45.1 Å². The molecule has 0 spiro atoms. The predicted octanol–water partition coefficient (Wildman–Crippen LogP) is 3.22. The van der Waals surface area contributed by atoms with Gasteiger partial charge in [0, 0.05) is 12.1 Å². The molecule has 1 N–H and O–H groups in total. The van der Waals surface area contributed by atoms with Crippen LogP contribution in [0.2, 0.25) is 0 Å². The van der Waals surface area contributed by atoms with E-state index in [9.17, 15) is 9.50 Å². The standard InChI is InChI=1S/C16H24FNO/c1-3-9-18-10-4-7-16(19,8-11-18)14-12-13(2)5-6-15(14)17/h5-6,12,19H,3-4,7-11H2,1-2H3. The highest BCUT2D eigenvalue weighted by Crippen LogP contribution is 2.34. The van der Waals surface area contributed by atoms with Gasteiger partial charge in [0.1, 0.15) is 5.82 Å². The smallest absolute Gasteiger partial charge is 0.129 e. The molecule has 3 heteroatoms. The topological polar surface area (TPSA) is 23.5 Å². The Morgan fingerprint density at radius 2 is 2.11 bits per heavy atom. The van der Waals surface area contributed by atoms with Crippen LogP contribution >= 0.6 is 0 Å². The molecular formula is C16H24FNO. The van der Waals surface area contributed by atoms with Gasteiger partial charge in [0.15, 0.2) is 0 Å². The van der Waals surface area contributed by atoms with Gasteiger partial charge in [0.25, 0.3) is 0 Å². The molecule has 1 unspecified atom stereocenters. The molecular weight excluding hydrogens is 241 g/mol. The maximum atomic E-state index is 14.0. The first-order chi connectivity index (χ1) is 9.05. The lowest BCUT2D eigenvalue weighted by molar-refractivity contribution is 0.0178. The Morgan fingerprint density at radius 3 is 2.84 bits per heavy atom. The summed E-state index contributed by atoms with van der Waals surface area (Å²) in [6.07, 6.45) is 3.31. The van der Waals surface area contributed by atoms with Crippen molar-refractivity contribution < 1.29 is 9.50 Å². The summed E-state index contributed by atoms with van der Waals surface area (Å²) in [4.78, 5) is 2.37. The maximum absolute atomic E-state index is 14.0. The summed E-state index contributed by atoms with van der Waals surface area (Å²) in [7, 11) is 0. The second-order valence-electron chi connectivity index (χ2n) is 5.71. The molecule has 1 heterocycles. The first kappa shape index (κ1) is 14.5. The van der Waals surface area contributed by atoms with Crippen LogP contribution in [-0.4, -0.2) is 29.6 Å². The highest BCUT2D eigenvalue weighted by atomic mass is 19.1. The molecule has 2 nitrogen and oxygen atoms in total. The number of hydrogen-bond donors (Lipinski definition) is 1. The molecule has 0 bridgehead atoms. The molecule has 1 aliphatic rings. The second kappa shape index (κ2) is 6.02. The van der Waals surface area contributed by atoms with E-state index in [1.165, 1.54) is 6.07 Å². The molecule has 1 aromatic rings. The van der Waals surface area contributed by atoms with E-state index < -0.39 is 5.60 Å². The molecule has 1 saturated heterocycles. The Labute approximate surface area is 115 Å². The zero-order valence-electron chi connectivity index (χ0n) is 12.0. The molecule has 0 aromatic heterocycles. The number of hydrogen-bond acceptors (Lipinski definition) is 2. The van der Waals surface area contributed by atoms with Crippen molar-refractivity contribution in [2.75, 3.05) is 19.6 Å². The zero-order chi connectivity index (χ0) is 13.9. The molecule has 0 radical (unpaired) electrons. The van der Waals surface area contributed by atoms with Crippen LogP contribution in [0.15, 0.2) is 18.2 Å². The number of halogens is 1. The van der Waals surface area contributed by atoms with Crippen molar-refractivity contribution in [1.82, 2.24) is 4.90 Å². The van der Waals surface area contributed by atoms with Gasteiger partial charge in [-0.05, 0) is 51.8 Å². The first-order valence-electron chi connectivity index (χ1n) is 7.26. The van der Waals surface area contributed by atoms with E-state index in [1.807, 2.05) is 6.92 Å². The van der Waals surface area contributed by atoms with Gasteiger partial charge in [0.05, 0.1) is 5.60 Å². The monoisotopic (exact) mass is 265 g/mol. The van der Waals surface area contributed by atoms with Crippen molar-refractivity contribution in [2.24, 2.45) is 0 Å². The van der Waals surface area contributed by atoms with Gasteiger partial charge < -0.3 is 10.0 Å². The SMILES string of the molecule is CCCN1CCCC(O)(c2cc(C)ccc2F)CC1. The van der Waals surface area contributed by atoms with Gasteiger partial charge >= 0.3 is 0 Å². The summed E-state index contributed by atoms with van der Waals surface area (Å²) in [5.41, 5.74) is 0.476. The van der Waals surface area contributed by atoms with E-state index in [-0.39, 0.29) is 5.82 Å². The fourth-order valence-corrected chi connectivity index (χ4v) is 2.98. The quantitative estimate of drug-likeness (QED) is 0.907. The number of nitrogens with zero attached hydrogens (tertiary/aromatic N) is 1. The van der Waals surface area contributed by atoms with Crippen LogP contribution in [0.1, 0.15) is 43.7 Å². The Morgan fingerprint density at radius 1 is 1.32 bits per heavy atom. The molecule has 0 amide bonds. The number of aryl methyl sites for hydroxylation is 1. The summed E-state index contributed by atoms with van der Waals surface area (Å²) < 4.78 is 14.0. The summed E-state index contributed by atoms with van der Waals surface area (Å²) in [5.74, 6) is -0.281. The van der Waals surface area contributed by atoms with Crippen molar-refractivity contribution in [1.29, 1.82) is 0 Å². The fourth-order valence-electron chi connectivity index (χ4n) is 2.98. The van der Waals surface area contributed by atoms with Crippen LogP contribution in [0.4, 0.5) is 4.39 Å². The summed E-state index contributed by atoms with van der Waals surface area (Å²) in [6.45, 7) is 7.01. The third-order valence-electron chi connectivity index (χ3n) is 4.07. The molecule has 0 aliphatic carbocycles. The van der Waals surface area contributed by atoms with Crippen molar-refractivity contribution in [3.8, 4) is 0 Å². The molecule has 106 valence electrons. The lowest BCUT2D eigenvalue weighted by Gasteiger charge is -2.28. The van der Waals surface area contributed by atoms with E-state index >= 15 is 0 Å². The van der Waals surface area contributed by atoms with Crippen LogP contribution in [0.25, 0.3) is 0 Å². The fraction of sp³-hybridized carbons (Fsp3) is 0.625. The number of rotatable bonds is 3. The normalized spacial score (nSPS) is 25.3. The molecule has 1 atom stereocenters.